The highest BCUT2D eigenvalue weighted by Gasteiger charge is 2.21. The van der Waals surface area contributed by atoms with Crippen LogP contribution in [-0.4, -0.2) is 40.3 Å². The van der Waals surface area contributed by atoms with Gasteiger partial charge in [-0.1, -0.05) is 155 Å². The second kappa shape index (κ2) is 29.9. The molecule has 0 saturated heterocycles. The molecule has 2 heteroatoms. The van der Waals surface area contributed by atoms with Crippen LogP contribution in [0.2, 0.25) is 0 Å². The molecule has 38 heavy (non-hydrogen) atoms. The third-order valence-corrected chi connectivity index (χ3v) is 9.31. The van der Waals surface area contributed by atoms with E-state index in [1.54, 1.807) is 9.80 Å². The molecule has 2 unspecified atom stereocenters. The zero-order chi connectivity index (χ0) is 28.1. The van der Waals surface area contributed by atoms with Gasteiger partial charge >= 0.3 is 0 Å². The van der Waals surface area contributed by atoms with Gasteiger partial charge in [0.25, 0.3) is 0 Å². The van der Waals surface area contributed by atoms with Crippen molar-refractivity contribution in [1.82, 2.24) is 0 Å². The fourth-order valence-electron chi connectivity index (χ4n) is 6.31. The minimum atomic E-state index is 0.863. The van der Waals surface area contributed by atoms with Crippen molar-refractivity contribution >= 4 is 0 Å². The van der Waals surface area contributed by atoms with Gasteiger partial charge in [-0.2, -0.15) is 0 Å². The van der Waals surface area contributed by atoms with E-state index in [4.69, 9.17) is 0 Å². The van der Waals surface area contributed by atoms with Crippen LogP contribution in [0.1, 0.15) is 194 Å². The van der Waals surface area contributed by atoms with E-state index in [2.05, 4.69) is 42.0 Å². The summed E-state index contributed by atoms with van der Waals surface area (Å²) in [5.74, 6) is 0. The third-order valence-electron chi connectivity index (χ3n) is 9.31. The summed E-state index contributed by atoms with van der Waals surface area (Å²) in [5.41, 5.74) is 0. The Labute approximate surface area is 243 Å². The van der Waals surface area contributed by atoms with Gasteiger partial charge in [-0.05, 0) is 25.7 Å². The van der Waals surface area contributed by atoms with Crippen molar-refractivity contribution in [2.24, 2.45) is 0 Å². The summed E-state index contributed by atoms with van der Waals surface area (Å²) >= 11 is 0. The lowest BCUT2D eigenvalue weighted by molar-refractivity contribution is -0.895. The molecule has 0 aliphatic heterocycles. The molecule has 0 amide bonds. The Morgan fingerprint density at radius 3 is 0.711 bits per heavy atom. The summed E-state index contributed by atoms with van der Waals surface area (Å²) in [7, 11) is 9.59. The third kappa shape index (κ3) is 26.2. The van der Waals surface area contributed by atoms with Gasteiger partial charge in [-0.15, -0.1) is 0 Å². The summed E-state index contributed by atoms with van der Waals surface area (Å²) in [6.07, 6.45) is 40.7. The number of quaternary nitrogens is 2. The van der Waals surface area contributed by atoms with Crippen molar-refractivity contribution < 1.29 is 9.80 Å². The average Bonchev–Trinajstić information content (AvgIpc) is 2.89. The average molecular weight is 539 g/mol. The molecule has 0 aliphatic rings. The van der Waals surface area contributed by atoms with Gasteiger partial charge < -0.3 is 9.80 Å². The first-order chi connectivity index (χ1) is 18.5. The Kier molecular flexibility index (Phi) is 29.8. The van der Waals surface area contributed by atoms with Gasteiger partial charge in [0.2, 0.25) is 0 Å². The summed E-state index contributed by atoms with van der Waals surface area (Å²) in [6.45, 7) is 4.62. The first kappa shape index (κ1) is 37.9. The first-order valence-electron chi connectivity index (χ1n) is 18.1. The molecule has 0 aromatic rings. The van der Waals surface area contributed by atoms with E-state index in [1.807, 2.05) is 0 Å². The van der Waals surface area contributed by atoms with E-state index in [-0.39, 0.29) is 0 Å². The highest BCUT2D eigenvalue weighted by molar-refractivity contribution is 4.63. The van der Waals surface area contributed by atoms with E-state index in [0.717, 1.165) is 12.1 Å². The molecule has 0 saturated carbocycles. The Morgan fingerprint density at radius 2 is 0.500 bits per heavy atom. The van der Waals surface area contributed by atoms with Crippen molar-refractivity contribution in [2.45, 2.75) is 206 Å². The summed E-state index contributed by atoms with van der Waals surface area (Å²) in [6, 6.07) is 1.73. The molecule has 2 nitrogen and oxygen atoms in total. The second-order valence-electron chi connectivity index (χ2n) is 13.5. The minimum Gasteiger partial charge on any atom is -0.337 e. The van der Waals surface area contributed by atoms with Crippen molar-refractivity contribution in [1.29, 1.82) is 0 Å². The van der Waals surface area contributed by atoms with E-state index in [9.17, 15) is 0 Å². The monoisotopic (exact) mass is 539 g/mol. The Balaban J connectivity index is 3.80. The topological polar surface area (TPSA) is 8.88 Å². The van der Waals surface area contributed by atoms with Gasteiger partial charge in [0.1, 0.15) is 0 Å². The summed E-state index contributed by atoms with van der Waals surface area (Å²) in [5, 5.41) is 0. The van der Waals surface area contributed by atoms with Crippen LogP contribution in [0, 0.1) is 0 Å². The largest absolute Gasteiger partial charge is 0.337 e. The van der Waals surface area contributed by atoms with Gasteiger partial charge in [0.05, 0.1) is 40.3 Å². The van der Waals surface area contributed by atoms with Crippen LogP contribution in [-0.2, 0) is 0 Å². The van der Waals surface area contributed by atoms with Crippen LogP contribution in [0.15, 0.2) is 0 Å². The molecule has 230 valence electrons. The molecule has 0 heterocycles. The maximum absolute atomic E-state index is 2.40. The van der Waals surface area contributed by atoms with Crippen LogP contribution in [0.25, 0.3) is 0 Å². The van der Waals surface area contributed by atoms with Gasteiger partial charge in [0, 0.05) is 12.8 Å². The van der Waals surface area contributed by atoms with Crippen molar-refractivity contribution in [3.05, 3.63) is 0 Å². The molecular formula is C36H78N2+2. The molecule has 0 aliphatic carbocycles. The fraction of sp³-hybridized carbons (Fsp3) is 1.00. The molecule has 2 N–H and O–H groups in total. The first-order valence-corrected chi connectivity index (χ1v) is 18.1. The van der Waals surface area contributed by atoms with Gasteiger partial charge in [0.15, 0.2) is 0 Å². The number of unbranched alkanes of at least 4 members (excludes halogenated alkanes) is 22. The molecular weight excluding hydrogens is 460 g/mol. The zero-order valence-electron chi connectivity index (χ0n) is 28.0. The fourth-order valence-corrected chi connectivity index (χ4v) is 6.31. The van der Waals surface area contributed by atoms with Crippen molar-refractivity contribution in [3.63, 3.8) is 0 Å². The van der Waals surface area contributed by atoms with Crippen LogP contribution in [0.4, 0.5) is 0 Å². The lowest BCUT2D eigenvalue weighted by Crippen LogP contribution is -3.11. The number of hydrogen-bond donors (Lipinski definition) is 2. The SMILES string of the molecule is CCCCCCCCCCCCCCC(CCC(CCCCCCCCCCCCCC)[NH+](C)C)[NH+](C)C. The number of hydrogen-bond acceptors (Lipinski definition) is 0. The molecule has 2 atom stereocenters. The number of rotatable bonds is 31. The van der Waals surface area contributed by atoms with Gasteiger partial charge in [-0.25, -0.2) is 0 Å². The van der Waals surface area contributed by atoms with E-state index >= 15 is 0 Å². The molecule has 0 aromatic carbocycles. The molecule has 0 aromatic heterocycles. The Bertz CT molecular complexity index is 393. The highest BCUT2D eigenvalue weighted by Crippen LogP contribution is 2.16. The molecule has 0 rings (SSSR count). The predicted molar refractivity (Wildman–Crippen MR) is 174 cm³/mol. The van der Waals surface area contributed by atoms with E-state index in [0.29, 0.717) is 0 Å². The Hall–Kier alpha value is -0.0800. The smallest absolute Gasteiger partial charge is 0.0872 e. The second-order valence-corrected chi connectivity index (χ2v) is 13.5. The number of nitrogens with one attached hydrogen (secondary N) is 2. The highest BCUT2D eigenvalue weighted by atomic mass is 15.1. The van der Waals surface area contributed by atoms with Crippen LogP contribution in [0.5, 0.6) is 0 Å². The maximum Gasteiger partial charge on any atom is 0.0872 e. The zero-order valence-corrected chi connectivity index (χ0v) is 28.0. The Morgan fingerprint density at radius 1 is 0.289 bits per heavy atom. The van der Waals surface area contributed by atoms with Gasteiger partial charge in [-0.3, -0.25) is 0 Å². The van der Waals surface area contributed by atoms with Crippen LogP contribution in [0.3, 0.4) is 0 Å². The van der Waals surface area contributed by atoms with Crippen LogP contribution < -0.4 is 9.80 Å². The van der Waals surface area contributed by atoms with Crippen LogP contribution >= 0.6 is 0 Å². The predicted octanol–water partition coefficient (Wildman–Crippen LogP) is 8.98. The lowest BCUT2D eigenvalue weighted by Gasteiger charge is -2.26. The molecule has 0 radical (unpaired) electrons. The van der Waals surface area contributed by atoms with Crippen molar-refractivity contribution in [2.75, 3.05) is 28.2 Å². The normalized spacial score (nSPS) is 13.6. The quantitative estimate of drug-likeness (QED) is 0.0815. The van der Waals surface area contributed by atoms with Crippen molar-refractivity contribution in [3.8, 4) is 0 Å². The lowest BCUT2D eigenvalue weighted by atomic mass is 9.95. The van der Waals surface area contributed by atoms with E-state index < -0.39 is 0 Å². The standard InChI is InChI=1S/C36H76N2/c1-7-9-11-13-15-17-19-21-23-25-27-29-31-35(37(3)4)33-34-36(38(5)6)32-30-28-26-24-22-20-18-16-14-12-10-8-2/h35-36H,7-34H2,1-6H3/p+2. The molecule has 0 fully saturated rings. The molecule has 0 spiro atoms. The van der Waals surface area contributed by atoms with E-state index in [1.165, 1.54) is 180 Å². The summed E-state index contributed by atoms with van der Waals surface area (Å²) < 4.78 is 0. The summed E-state index contributed by atoms with van der Waals surface area (Å²) in [4.78, 5) is 3.37. The maximum atomic E-state index is 2.40. The molecule has 0 bridgehead atoms. The minimum absolute atomic E-state index is 0.863.